The van der Waals surface area contributed by atoms with Crippen molar-refractivity contribution in [1.82, 2.24) is 10.3 Å². The van der Waals surface area contributed by atoms with Gasteiger partial charge in [-0.25, -0.2) is 4.98 Å². The highest BCUT2D eigenvalue weighted by Crippen LogP contribution is 2.19. The molecule has 2 aromatic rings. The maximum Gasteiger partial charge on any atom is 0.261 e. The van der Waals surface area contributed by atoms with Crippen LogP contribution in [0.3, 0.4) is 0 Å². The highest BCUT2D eigenvalue weighted by atomic mass is 35.5. The van der Waals surface area contributed by atoms with E-state index in [1.165, 1.54) is 0 Å². The van der Waals surface area contributed by atoms with Gasteiger partial charge < -0.3 is 10.1 Å². The molecule has 1 aromatic heterocycles. The van der Waals surface area contributed by atoms with Gasteiger partial charge in [-0.05, 0) is 39.0 Å². The van der Waals surface area contributed by atoms with E-state index in [2.05, 4.69) is 10.3 Å². The first-order chi connectivity index (χ1) is 9.95. The van der Waals surface area contributed by atoms with Gasteiger partial charge in [-0.3, -0.25) is 4.79 Å². The Hall–Kier alpha value is -1.59. The Kier molecular flexibility index (Phi) is 5.20. The number of benzene rings is 1. The number of thiazole rings is 1. The monoisotopic (exact) mass is 324 g/mol. The Balaban J connectivity index is 1.89. The molecule has 0 aliphatic heterocycles. The molecule has 0 aliphatic rings. The van der Waals surface area contributed by atoms with Crippen molar-refractivity contribution in [2.24, 2.45) is 0 Å². The molecule has 1 heterocycles. The molecule has 1 aromatic carbocycles. The fraction of sp³-hybridized carbons (Fsp3) is 0.333. The largest absolute Gasteiger partial charge is 0.481 e. The fourth-order valence-corrected chi connectivity index (χ4v) is 2.90. The van der Waals surface area contributed by atoms with Gasteiger partial charge in [0.25, 0.3) is 5.91 Å². The van der Waals surface area contributed by atoms with Crippen LogP contribution in [0.2, 0.25) is 5.02 Å². The quantitative estimate of drug-likeness (QED) is 0.915. The lowest BCUT2D eigenvalue weighted by molar-refractivity contribution is -0.127. The number of rotatable bonds is 5. The fourth-order valence-electron chi connectivity index (χ4n) is 1.85. The summed E-state index contributed by atoms with van der Waals surface area (Å²) in [6.07, 6.45) is -0.585. The number of carbonyl (C=O) groups excluding carboxylic acids is 1. The molecular formula is C15H17ClN2O2S. The van der Waals surface area contributed by atoms with Gasteiger partial charge in [-0.15, -0.1) is 11.3 Å². The summed E-state index contributed by atoms with van der Waals surface area (Å²) in [6.45, 7) is 6.07. The number of nitrogens with one attached hydrogen (secondary N) is 1. The van der Waals surface area contributed by atoms with E-state index in [1.54, 1.807) is 42.5 Å². The molecule has 0 saturated carbocycles. The van der Waals surface area contributed by atoms with Crippen molar-refractivity contribution >= 4 is 28.8 Å². The van der Waals surface area contributed by atoms with E-state index in [4.69, 9.17) is 16.3 Å². The van der Waals surface area contributed by atoms with Crippen molar-refractivity contribution < 1.29 is 9.53 Å². The Morgan fingerprint density at radius 2 is 2.24 bits per heavy atom. The number of carbonyl (C=O) groups is 1. The highest BCUT2D eigenvalue weighted by molar-refractivity contribution is 7.11. The van der Waals surface area contributed by atoms with Crippen LogP contribution in [0, 0.1) is 13.8 Å². The summed E-state index contributed by atoms with van der Waals surface area (Å²) in [7, 11) is 0. The van der Waals surface area contributed by atoms with Crippen LogP contribution in [0.1, 0.15) is 22.5 Å². The van der Waals surface area contributed by atoms with E-state index in [-0.39, 0.29) is 5.91 Å². The van der Waals surface area contributed by atoms with Crippen molar-refractivity contribution in [3.63, 3.8) is 0 Å². The molecular weight excluding hydrogens is 308 g/mol. The van der Waals surface area contributed by atoms with E-state index in [9.17, 15) is 4.79 Å². The molecule has 0 fully saturated rings. The third kappa shape index (κ3) is 4.44. The molecule has 1 unspecified atom stereocenters. The zero-order valence-electron chi connectivity index (χ0n) is 12.1. The van der Waals surface area contributed by atoms with Crippen molar-refractivity contribution in [1.29, 1.82) is 0 Å². The summed E-state index contributed by atoms with van der Waals surface area (Å²) >= 11 is 7.47. The van der Waals surface area contributed by atoms with Gasteiger partial charge in [0, 0.05) is 9.90 Å². The lowest BCUT2D eigenvalue weighted by Crippen LogP contribution is -2.35. The summed E-state index contributed by atoms with van der Waals surface area (Å²) in [4.78, 5) is 17.4. The van der Waals surface area contributed by atoms with E-state index in [0.717, 1.165) is 15.6 Å². The standard InChI is InChI=1S/C15H17ClN2O2S/c1-9-14(21-11(3)18-9)8-17-15(19)10(2)20-13-6-4-5-12(16)7-13/h4-7,10H,8H2,1-3H3,(H,17,19). The second kappa shape index (κ2) is 6.91. The Morgan fingerprint density at radius 3 is 2.86 bits per heavy atom. The maximum atomic E-state index is 12.0. The van der Waals surface area contributed by atoms with Crippen molar-refractivity contribution in [3.05, 3.63) is 44.9 Å². The van der Waals surface area contributed by atoms with Crippen LogP contribution in [-0.4, -0.2) is 17.0 Å². The van der Waals surface area contributed by atoms with Gasteiger partial charge >= 0.3 is 0 Å². The van der Waals surface area contributed by atoms with Crippen LogP contribution in [0.15, 0.2) is 24.3 Å². The average Bonchev–Trinajstić information content (AvgIpc) is 2.74. The van der Waals surface area contributed by atoms with Crippen molar-refractivity contribution in [2.75, 3.05) is 0 Å². The van der Waals surface area contributed by atoms with Crippen LogP contribution in [0.5, 0.6) is 5.75 Å². The number of halogens is 1. The average molecular weight is 325 g/mol. The molecule has 0 saturated heterocycles. The van der Waals surface area contributed by atoms with Crippen LogP contribution in [0.4, 0.5) is 0 Å². The first-order valence-electron chi connectivity index (χ1n) is 6.58. The van der Waals surface area contributed by atoms with Crippen molar-refractivity contribution in [3.8, 4) is 5.75 Å². The maximum absolute atomic E-state index is 12.0. The topological polar surface area (TPSA) is 51.2 Å². The number of hydrogen-bond acceptors (Lipinski definition) is 4. The summed E-state index contributed by atoms with van der Waals surface area (Å²) in [5, 5.41) is 4.44. The van der Waals surface area contributed by atoms with E-state index >= 15 is 0 Å². The molecule has 112 valence electrons. The highest BCUT2D eigenvalue weighted by Gasteiger charge is 2.15. The van der Waals surface area contributed by atoms with E-state index in [0.29, 0.717) is 17.3 Å². The Labute approximate surface area is 133 Å². The summed E-state index contributed by atoms with van der Waals surface area (Å²) in [5.41, 5.74) is 0.959. The number of ether oxygens (including phenoxy) is 1. The van der Waals surface area contributed by atoms with Crippen LogP contribution >= 0.6 is 22.9 Å². The molecule has 0 aliphatic carbocycles. The third-order valence-corrected chi connectivity index (χ3v) is 4.21. The summed E-state index contributed by atoms with van der Waals surface area (Å²) in [6, 6.07) is 6.99. The summed E-state index contributed by atoms with van der Waals surface area (Å²) < 4.78 is 5.57. The predicted octanol–water partition coefficient (Wildman–Crippen LogP) is 3.50. The van der Waals surface area contributed by atoms with Gasteiger partial charge in [-0.1, -0.05) is 17.7 Å². The van der Waals surface area contributed by atoms with Gasteiger partial charge in [0.2, 0.25) is 0 Å². The minimum atomic E-state index is -0.585. The molecule has 0 bridgehead atoms. The molecule has 6 heteroatoms. The first kappa shape index (κ1) is 15.8. The number of aromatic nitrogens is 1. The minimum absolute atomic E-state index is 0.166. The van der Waals surface area contributed by atoms with Gasteiger partial charge in [0.15, 0.2) is 6.10 Å². The van der Waals surface area contributed by atoms with E-state index in [1.807, 2.05) is 13.8 Å². The molecule has 0 spiro atoms. The van der Waals surface area contributed by atoms with E-state index < -0.39 is 6.10 Å². The minimum Gasteiger partial charge on any atom is -0.481 e. The molecule has 0 radical (unpaired) electrons. The second-order valence-electron chi connectivity index (χ2n) is 4.68. The van der Waals surface area contributed by atoms with Crippen molar-refractivity contribution in [2.45, 2.75) is 33.4 Å². The van der Waals surface area contributed by atoms with Crippen LogP contribution in [0.25, 0.3) is 0 Å². The number of amides is 1. The predicted molar refractivity (Wildman–Crippen MR) is 85.0 cm³/mol. The number of aryl methyl sites for hydroxylation is 2. The smallest absolute Gasteiger partial charge is 0.261 e. The normalized spacial score (nSPS) is 12.0. The molecule has 1 amide bonds. The van der Waals surface area contributed by atoms with Crippen LogP contribution < -0.4 is 10.1 Å². The lowest BCUT2D eigenvalue weighted by atomic mass is 10.3. The molecule has 21 heavy (non-hydrogen) atoms. The Morgan fingerprint density at radius 1 is 1.48 bits per heavy atom. The molecule has 1 atom stereocenters. The lowest BCUT2D eigenvalue weighted by Gasteiger charge is -2.14. The SMILES string of the molecule is Cc1nc(C)c(CNC(=O)C(C)Oc2cccc(Cl)c2)s1. The second-order valence-corrected chi connectivity index (χ2v) is 6.40. The van der Waals surface area contributed by atoms with Gasteiger partial charge in [0.05, 0.1) is 17.2 Å². The first-order valence-corrected chi connectivity index (χ1v) is 7.78. The third-order valence-electron chi connectivity index (χ3n) is 2.90. The summed E-state index contributed by atoms with van der Waals surface area (Å²) in [5.74, 6) is 0.412. The number of nitrogens with zero attached hydrogens (tertiary/aromatic N) is 1. The van der Waals surface area contributed by atoms with Crippen LogP contribution in [-0.2, 0) is 11.3 Å². The molecule has 4 nitrogen and oxygen atoms in total. The molecule has 2 rings (SSSR count). The van der Waals surface area contributed by atoms with Gasteiger partial charge in [-0.2, -0.15) is 0 Å². The number of hydrogen-bond donors (Lipinski definition) is 1. The molecule has 1 N–H and O–H groups in total. The van der Waals surface area contributed by atoms with Gasteiger partial charge in [0.1, 0.15) is 5.75 Å². The Bertz CT molecular complexity index is 642. The zero-order valence-corrected chi connectivity index (χ0v) is 13.7. The zero-order chi connectivity index (χ0) is 15.4.